The highest BCUT2D eigenvalue weighted by molar-refractivity contribution is 5.81. The minimum Gasteiger partial charge on any atom is -0.368 e. The van der Waals surface area contributed by atoms with Crippen LogP contribution in [0, 0.1) is 0 Å². The fourth-order valence-electron chi connectivity index (χ4n) is 2.88. The van der Waals surface area contributed by atoms with Crippen molar-refractivity contribution in [3.63, 3.8) is 0 Å². The number of ether oxygens (including phenoxy) is 1. The molecule has 1 atom stereocenters. The zero-order valence-electron chi connectivity index (χ0n) is 15.0. The third kappa shape index (κ3) is 4.47. The maximum Gasteiger partial charge on any atom is 0.471 e. The number of hydrogen-bond donors (Lipinski definition) is 0. The Balaban J connectivity index is 1.72. The first-order chi connectivity index (χ1) is 12.8. The van der Waals surface area contributed by atoms with Crippen LogP contribution < -0.4 is 0 Å². The zero-order valence-corrected chi connectivity index (χ0v) is 15.0. The van der Waals surface area contributed by atoms with E-state index in [0.29, 0.717) is 18.7 Å². The smallest absolute Gasteiger partial charge is 0.368 e. The molecule has 0 spiro atoms. The molecule has 1 aliphatic heterocycles. The molecule has 1 saturated heterocycles. The second-order valence-corrected chi connectivity index (χ2v) is 6.68. The lowest BCUT2D eigenvalue weighted by molar-refractivity contribution is -0.159. The summed E-state index contributed by atoms with van der Waals surface area (Å²) >= 11 is 0. The Labute approximate surface area is 154 Å². The number of aromatic nitrogens is 2. The van der Waals surface area contributed by atoms with Crippen LogP contribution in [0.5, 0.6) is 0 Å². The number of halogens is 3. The summed E-state index contributed by atoms with van der Waals surface area (Å²) in [5.41, 5.74) is 1.25. The predicted molar refractivity (Wildman–Crippen MR) is 89.4 cm³/mol. The van der Waals surface area contributed by atoms with Gasteiger partial charge in [0.05, 0.1) is 0 Å². The molecule has 9 heteroatoms. The molecule has 27 heavy (non-hydrogen) atoms. The minimum atomic E-state index is -4.67. The molecule has 2 heterocycles. The van der Waals surface area contributed by atoms with Gasteiger partial charge in [-0.2, -0.15) is 18.2 Å². The normalized spacial score (nSPS) is 17.5. The number of benzene rings is 1. The Morgan fingerprint density at radius 2 is 2.00 bits per heavy atom. The van der Waals surface area contributed by atoms with E-state index in [1.807, 2.05) is 13.8 Å². The Bertz CT molecular complexity index is 781. The van der Waals surface area contributed by atoms with Crippen LogP contribution >= 0.6 is 0 Å². The van der Waals surface area contributed by atoms with Crippen LogP contribution in [-0.2, 0) is 22.3 Å². The van der Waals surface area contributed by atoms with Gasteiger partial charge in [-0.15, -0.1) is 0 Å². The molecule has 0 N–H and O–H groups in total. The quantitative estimate of drug-likeness (QED) is 0.788. The largest absolute Gasteiger partial charge is 0.471 e. The van der Waals surface area contributed by atoms with Gasteiger partial charge >= 0.3 is 12.1 Å². The van der Waals surface area contributed by atoms with Crippen molar-refractivity contribution in [2.45, 2.75) is 51.6 Å². The van der Waals surface area contributed by atoms with E-state index in [1.54, 1.807) is 29.2 Å². The minimum absolute atomic E-state index is 0.00655. The summed E-state index contributed by atoms with van der Waals surface area (Å²) in [5.74, 6) is -1.56. The highest BCUT2D eigenvalue weighted by Crippen LogP contribution is 2.29. The van der Waals surface area contributed by atoms with E-state index >= 15 is 0 Å². The third-order valence-corrected chi connectivity index (χ3v) is 4.35. The molecule has 2 aromatic rings. The molecular formula is C18H20F3N3O3. The Morgan fingerprint density at radius 3 is 2.52 bits per heavy atom. The van der Waals surface area contributed by atoms with E-state index in [-0.39, 0.29) is 17.8 Å². The zero-order chi connectivity index (χ0) is 19.6. The number of alkyl halides is 3. The third-order valence-electron chi connectivity index (χ3n) is 4.35. The van der Waals surface area contributed by atoms with Gasteiger partial charge < -0.3 is 14.2 Å². The molecule has 1 aliphatic rings. The maximum absolute atomic E-state index is 12.6. The van der Waals surface area contributed by atoms with Gasteiger partial charge in [0.25, 0.3) is 5.91 Å². The summed E-state index contributed by atoms with van der Waals surface area (Å²) in [6.07, 6.45) is -3.47. The number of hydrogen-bond acceptors (Lipinski definition) is 5. The molecule has 0 bridgehead atoms. The number of nitrogens with zero attached hydrogens (tertiary/aromatic N) is 3. The molecule has 0 unspecified atom stereocenters. The maximum atomic E-state index is 12.6. The summed E-state index contributed by atoms with van der Waals surface area (Å²) in [4.78, 5) is 17.7. The number of carbonyl (C=O) groups is 1. The van der Waals surface area contributed by atoms with Gasteiger partial charge in [0.1, 0.15) is 6.10 Å². The van der Waals surface area contributed by atoms with Crippen molar-refractivity contribution >= 4 is 5.91 Å². The number of amides is 1. The van der Waals surface area contributed by atoms with Crippen molar-refractivity contribution in [3.8, 4) is 11.4 Å². The molecule has 1 aromatic carbocycles. The molecule has 1 fully saturated rings. The first-order valence-electron chi connectivity index (χ1n) is 8.68. The Hall–Kier alpha value is -2.42. The van der Waals surface area contributed by atoms with Crippen molar-refractivity contribution in [1.82, 2.24) is 15.0 Å². The van der Waals surface area contributed by atoms with Crippen molar-refractivity contribution < 1.29 is 27.2 Å². The van der Waals surface area contributed by atoms with Crippen molar-refractivity contribution in [2.24, 2.45) is 0 Å². The summed E-state index contributed by atoms with van der Waals surface area (Å²) in [7, 11) is 0. The molecule has 0 saturated carbocycles. The van der Waals surface area contributed by atoms with Gasteiger partial charge in [0, 0.05) is 24.8 Å². The van der Waals surface area contributed by atoms with Gasteiger partial charge in [-0.25, -0.2) is 0 Å². The van der Waals surface area contributed by atoms with Crippen LogP contribution in [0.15, 0.2) is 28.8 Å². The second kappa shape index (κ2) is 7.67. The monoisotopic (exact) mass is 383 g/mol. The van der Waals surface area contributed by atoms with E-state index in [2.05, 4.69) is 14.7 Å². The van der Waals surface area contributed by atoms with Crippen molar-refractivity contribution in [2.75, 3.05) is 6.61 Å². The predicted octanol–water partition coefficient (Wildman–Crippen LogP) is 3.67. The van der Waals surface area contributed by atoms with Crippen LogP contribution in [0.2, 0.25) is 0 Å². The first kappa shape index (κ1) is 19.3. The van der Waals surface area contributed by atoms with E-state index in [1.165, 1.54) is 0 Å². The molecule has 0 radical (unpaired) electrons. The van der Waals surface area contributed by atoms with E-state index in [0.717, 1.165) is 18.4 Å². The molecular weight excluding hydrogens is 363 g/mol. The van der Waals surface area contributed by atoms with Gasteiger partial charge in [0.2, 0.25) is 5.82 Å². The average Bonchev–Trinajstić information content (AvgIpc) is 3.30. The van der Waals surface area contributed by atoms with Crippen LogP contribution in [-0.4, -0.2) is 39.7 Å². The summed E-state index contributed by atoms with van der Waals surface area (Å²) < 4.78 is 47.4. The summed E-state index contributed by atoms with van der Waals surface area (Å²) in [6, 6.07) is 6.67. The molecule has 1 aromatic heterocycles. The van der Waals surface area contributed by atoms with Gasteiger partial charge in [-0.1, -0.05) is 29.4 Å². The summed E-state index contributed by atoms with van der Waals surface area (Å²) in [6.45, 7) is 4.84. The van der Waals surface area contributed by atoms with Crippen molar-refractivity contribution in [1.29, 1.82) is 0 Å². The Kier molecular flexibility index (Phi) is 5.50. The van der Waals surface area contributed by atoms with Crippen LogP contribution in [0.25, 0.3) is 11.4 Å². The SMILES string of the molecule is CC(C)N(Cc1ccc(-c2noc(C(F)(F)F)n2)cc1)C(=O)[C@@H]1CCCO1. The standard InChI is InChI=1S/C18H20F3N3O3/c1-11(2)24(16(25)14-4-3-9-26-14)10-12-5-7-13(8-6-12)15-22-17(27-23-15)18(19,20)21/h5-8,11,14H,3-4,9-10H2,1-2H3/t14-/m0/s1. The highest BCUT2D eigenvalue weighted by atomic mass is 19.4. The van der Waals surface area contributed by atoms with Crippen LogP contribution in [0.1, 0.15) is 38.1 Å². The summed E-state index contributed by atoms with van der Waals surface area (Å²) in [5, 5.41) is 3.37. The van der Waals surface area contributed by atoms with E-state index < -0.39 is 18.2 Å². The molecule has 3 rings (SSSR count). The average molecular weight is 383 g/mol. The first-order valence-corrected chi connectivity index (χ1v) is 8.68. The van der Waals surface area contributed by atoms with Gasteiger partial charge in [-0.05, 0) is 32.3 Å². The highest BCUT2D eigenvalue weighted by Gasteiger charge is 2.38. The number of carbonyl (C=O) groups excluding carboxylic acids is 1. The topological polar surface area (TPSA) is 68.5 Å². The molecule has 0 aliphatic carbocycles. The van der Waals surface area contributed by atoms with Crippen LogP contribution in [0.3, 0.4) is 0 Å². The Morgan fingerprint density at radius 1 is 1.30 bits per heavy atom. The molecule has 1 amide bonds. The fourth-order valence-corrected chi connectivity index (χ4v) is 2.88. The van der Waals surface area contributed by atoms with Crippen molar-refractivity contribution in [3.05, 3.63) is 35.7 Å². The molecule has 146 valence electrons. The van der Waals surface area contributed by atoms with Crippen LogP contribution in [0.4, 0.5) is 13.2 Å². The van der Waals surface area contributed by atoms with Gasteiger partial charge in [-0.3, -0.25) is 4.79 Å². The van der Waals surface area contributed by atoms with E-state index in [4.69, 9.17) is 4.74 Å². The fraction of sp³-hybridized carbons (Fsp3) is 0.500. The lowest BCUT2D eigenvalue weighted by atomic mass is 10.1. The number of rotatable bonds is 5. The van der Waals surface area contributed by atoms with E-state index in [9.17, 15) is 18.0 Å². The molecule has 6 nitrogen and oxygen atoms in total. The lowest BCUT2D eigenvalue weighted by Crippen LogP contribution is -2.42. The lowest BCUT2D eigenvalue weighted by Gasteiger charge is -2.29. The van der Waals surface area contributed by atoms with Gasteiger partial charge in [0.15, 0.2) is 0 Å². The second-order valence-electron chi connectivity index (χ2n) is 6.68.